The highest BCUT2D eigenvalue weighted by Crippen LogP contribution is 2.60. The van der Waals surface area contributed by atoms with Gasteiger partial charge in [-0.15, -0.1) is 0 Å². The van der Waals surface area contributed by atoms with E-state index in [4.69, 9.17) is 4.74 Å². The summed E-state index contributed by atoms with van der Waals surface area (Å²) >= 11 is 0. The van der Waals surface area contributed by atoms with Gasteiger partial charge in [-0.25, -0.2) is 14.4 Å². The number of halogens is 1. The smallest absolute Gasteiger partial charge is 0.257 e. The summed E-state index contributed by atoms with van der Waals surface area (Å²) in [6.45, 7) is 4.12. The van der Waals surface area contributed by atoms with E-state index in [1.54, 1.807) is 17.0 Å². The molecule has 2 aromatic rings. The van der Waals surface area contributed by atoms with Crippen molar-refractivity contribution < 1.29 is 18.7 Å². The second-order valence-electron chi connectivity index (χ2n) is 10.2. The van der Waals surface area contributed by atoms with E-state index in [0.717, 1.165) is 30.5 Å². The van der Waals surface area contributed by atoms with Crippen LogP contribution < -0.4 is 5.32 Å². The first kappa shape index (κ1) is 23.8. The van der Waals surface area contributed by atoms with Gasteiger partial charge in [0.1, 0.15) is 5.82 Å². The first-order chi connectivity index (χ1) is 15.4. The Morgan fingerprint density at radius 3 is 2.52 bits per heavy atom. The summed E-state index contributed by atoms with van der Waals surface area (Å²) in [5.41, 5.74) is 1.34. The lowest BCUT2D eigenvalue weighted by Crippen LogP contribution is -2.51. The molecule has 9 heteroatoms. The summed E-state index contributed by atoms with van der Waals surface area (Å²) in [4.78, 5) is 28.5. The van der Waals surface area contributed by atoms with Crippen LogP contribution in [-0.2, 0) is 26.4 Å². The third-order valence-electron chi connectivity index (χ3n) is 7.33. The predicted molar refractivity (Wildman–Crippen MR) is 129 cm³/mol. The van der Waals surface area contributed by atoms with Crippen molar-refractivity contribution in [3.8, 4) is 0 Å². The van der Waals surface area contributed by atoms with Gasteiger partial charge in [-0.3, -0.25) is 14.7 Å². The highest BCUT2D eigenvalue weighted by molar-refractivity contribution is 8.33. The molecule has 2 heterocycles. The number of H-pyrrole nitrogens is 1. The highest BCUT2D eigenvalue weighted by Gasteiger charge is 2.51. The Labute approximate surface area is 195 Å². The summed E-state index contributed by atoms with van der Waals surface area (Å²) in [6, 6.07) is 5.89. The lowest BCUT2D eigenvalue weighted by Gasteiger charge is -2.53. The van der Waals surface area contributed by atoms with E-state index in [9.17, 15) is 14.0 Å². The number of aromatic nitrogens is 2. The van der Waals surface area contributed by atoms with Crippen molar-refractivity contribution in [3.05, 3.63) is 46.9 Å². The molecule has 7 nitrogen and oxygen atoms in total. The zero-order valence-electron chi connectivity index (χ0n) is 20.1. The van der Waals surface area contributed by atoms with E-state index in [0.29, 0.717) is 11.4 Å². The molecule has 1 unspecified atom stereocenters. The second kappa shape index (κ2) is 8.13. The summed E-state index contributed by atoms with van der Waals surface area (Å²) in [6.07, 6.45) is 8.46. The van der Waals surface area contributed by atoms with Crippen LogP contribution in [0.25, 0.3) is 0 Å². The van der Waals surface area contributed by atoms with Gasteiger partial charge >= 0.3 is 0 Å². The number of ether oxygens (including phenoxy) is 1. The number of nitrogens with one attached hydrogen (secondary N) is 2. The van der Waals surface area contributed by atoms with Crippen LogP contribution in [0.1, 0.15) is 56.0 Å². The lowest BCUT2D eigenvalue weighted by molar-refractivity contribution is -0.148. The standard InChI is InChI=1S/C24H33FN4O3S/c1-23(2)19-17(14-29(23)21(30)18(32-3)15-9-7-10-16(25)13-15)20(28-27-19)26-22(31)24(11-8-12-24)33(4,5)6/h7,9-10,13,18H,8,11-12,14H2,1-6H3,(H2,26,27,28,31). The summed E-state index contributed by atoms with van der Waals surface area (Å²) in [7, 11) is 0.339. The van der Waals surface area contributed by atoms with Crippen molar-refractivity contribution in [1.29, 1.82) is 0 Å². The van der Waals surface area contributed by atoms with Crippen molar-refractivity contribution in [1.82, 2.24) is 15.1 Å². The molecule has 1 aliphatic carbocycles. The van der Waals surface area contributed by atoms with Crippen molar-refractivity contribution >= 4 is 27.7 Å². The molecule has 0 radical (unpaired) electrons. The maximum absolute atomic E-state index is 13.8. The van der Waals surface area contributed by atoms with Gasteiger partial charge in [0, 0.05) is 12.7 Å². The fourth-order valence-electron chi connectivity index (χ4n) is 5.00. The largest absolute Gasteiger partial charge is 0.367 e. The molecule has 1 fully saturated rings. The number of hydrogen-bond donors (Lipinski definition) is 2. The van der Waals surface area contributed by atoms with E-state index in [-0.39, 0.29) is 23.1 Å². The van der Waals surface area contributed by atoms with Crippen LogP contribution in [0.5, 0.6) is 0 Å². The van der Waals surface area contributed by atoms with Crippen LogP contribution in [-0.4, -0.2) is 57.5 Å². The number of aromatic amines is 1. The molecule has 1 saturated carbocycles. The number of amides is 2. The summed E-state index contributed by atoms with van der Waals surface area (Å²) in [5.74, 6) is -0.200. The number of nitrogens with zero attached hydrogens (tertiary/aromatic N) is 2. The quantitative estimate of drug-likeness (QED) is 0.658. The molecule has 0 spiro atoms. The first-order valence-corrected chi connectivity index (χ1v) is 13.9. The monoisotopic (exact) mass is 476 g/mol. The fraction of sp³-hybridized carbons (Fsp3) is 0.542. The van der Waals surface area contributed by atoms with Crippen LogP contribution in [0.15, 0.2) is 24.3 Å². The first-order valence-electron chi connectivity index (χ1n) is 11.1. The van der Waals surface area contributed by atoms with Gasteiger partial charge in [0.25, 0.3) is 5.91 Å². The van der Waals surface area contributed by atoms with Crippen molar-refractivity contribution in [2.24, 2.45) is 0 Å². The Hall–Kier alpha value is -2.39. The molecule has 2 amide bonds. The average Bonchev–Trinajstić information content (AvgIpc) is 3.18. The highest BCUT2D eigenvalue weighted by atomic mass is 32.3. The number of hydrogen-bond acceptors (Lipinski definition) is 4. The summed E-state index contributed by atoms with van der Waals surface area (Å²) < 4.78 is 18.9. The van der Waals surface area contributed by atoms with Gasteiger partial charge in [-0.05, 0) is 69.6 Å². The number of rotatable bonds is 6. The Morgan fingerprint density at radius 1 is 1.27 bits per heavy atom. The summed E-state index contributed by atoms with van der Waals surface area (Å²) in [5, 5.41) is 10.5. The van der Waals surface area contributed by atoms with Crippen LogP contribution in [0, 0.1) is 5.82 Å². The second-order valence-corrected chi connectivity index (χ2v) is 14.7. The molecule has 4 rings (SSSR count). The number of carbonyl (C=O) groups excluding carboxylic acids is 2. The molecule has 33 heavy (non-hydrogen) atoms. The minimum atomic E-state index is -1.10. The molecule has 0 saturated heterocycles. The van der Waals surface area contributed by atoms with Crippen molar-refractivity contribution in [3.63, 3.8) is 0 Å². The molecule has 2 N–H and O–H groups in total. The Morgan fingerprint density at radius 2 is 1.97 bits per heavy atom. The average molecular weight is 477 g/mol. The van der Waals surface area contributed by atoms with E-state index < -0.39 is 27.5 Å². The van der Waals surface area contributed by atoms with E-state index in [2.05, 4.69) is 34.3 Å². The van der Waals surface area contributed by atoms with E-state index >= 15 is 0 Å². The predicted octanol–water partition coefficient (Wildman–Crippen LogP) is 4.07. The van der Waals surface area contributed by atoms with Crippen LogP contribution in [0.3, 0.4) is 0 Å². The molecular weight excluding hydrogens is 443 g/mol. The van der Waals surface area contributed by atoms with E-state index in [1.807, 2.05) is 13.8 Å². The molecule has 1 aliphatic heterocycles. The van der Waals surface area contributed by atoms with Crippen molar-refractivity contribution in [2.45, 2.75) is 56.0 Å². The Bertz CT molecular complexity index is 1090. The zero-order valence-corrected chi connectivity index (χ0v) is 20.9. The Kier molecular flexibility index (Phi) is 5.85. The minimum Gasteiger partial charge on any atom is -0.367 e. The molecule has 0 bridgehead atoms. The van der Waals surface area contributed by atoms with Gasteiger partial charge in [-0.2, -0.15) is 5.10 Å². The van der Waals surface area contributed by atoms with Gasteiger partial charge in [0.05, 0.1) is 22.5 Å². The number of methoxy groups -OCH3 is 1. The SMILES string of the molecule is COC(C(=O)N1Cc2c(NC(=O)C3(S(C)(C)C)CCC3)n[nH]c2C1(C)C)c1cccc(F)c1. The molecular formula is C24H33FN4O3S. The van der Waals surface area contributed by atoms with Crippen LogP contribution >= 0.6 is 10.0 Å². The molecule has 1 aromatic carbocycles. The number of anilines is 1. The number of benzene rings is 1. The van der Waals surface area contributed by atoms with Gasteiger partial charge in [0.15, 0.2) is 11.9 Å². The molecule has 2 aliphatic rings. The zero-order chi connectivity index (χ0) is 24.2. The van der Waals surface area contributed by atoms with Gasteiger partial charge in [0.2, 0.25) is 5.91 Å². The maximum Gasteiger partial charge on any atom is 0.257 e. The minimum absolute atomic E-state index is 0.0164. The van der Waals surface area contributed by atoms with Gasteiger partial charge in [-0.1, -0.05) is 12.1 Å². The topological polar surface area (TPSA) is 87.3 Å². The molecule has 1 aromatic heterocycles. The normalized spacial score (nSPS) is 20.0. The van der Waals surface area contributed by atoms with Gasteiger partial charge < -0.3 is 15.0 Å². The number of fused-ring (bicyclic) bond motifs is 1. The fourth-order valence-corrected chi connectivity index (χ4v) is 7.12. The molecule has 180 valence electrons. The Balaban J connectivity index is 1.59. The third-order valence-corrected chi connectivity index (χ3v) is 10.3. The molecule has 1 atom stereocenters. The maximum atomic E-state index is 13.8. The van der Waals surface area contributed by atoms with Crippen molar-refractivity contribution in [2.75, 3.05) is 31.2 Å². The van der Waals surface area contributed by atoms with Crippen LogP contribution in [0.4, 0.5) is 10.2 Å². The number of carbonyl (C=O) groups is 2. The lowest BCUT2D eigenvalue weighted by atomic mass is 9.83. The van der Waals surface area contributed by atoms with E-state index in [1.165, 1.54) is 19.2 Å². The van der Waals surface area contributed by atoms with Crippen LogP contribution in [0.2, 0.25) is 0 Å². The third kappa shape index (κ3) is 3.75.